The zero-order valence-electron chi connectivity index (χ0n) is 23.0. The summed E-state index contributed by atoms with van der Waals surface area (Å²) in [6.45, 7) is 0. The van der Waals surface area contributed by atoms with E-state index in [-0.39, 0.29) is 51.4 Å². The minimum absolute atomic E-state index is 0.0149. The second-order valence-electron chi connectivity index (χ2n) is 6.42. The van der Waals surface area contributed by atoms with Crippen LogP contribution in [0.2, 0.25) is 0 Å². The van der Waals surface area contributed by atoms with Gasteiger partial charge in [0.05, 0.1) is 22.0 Å². The smallest absolute Gasteiger partial charge is 0.423 e. The summed E-state index contributed by atoms with van der Waals surface area (Å²) in [7, 11) is -1.67. The number of hydrogen-bond acceptors (Lipinski definition) is 3. The molecular formula is C24H19BN2O2. The first-order valence-electron chi connectivity index (χ1n) is 12.9. The fraction of sp³-hybridized carbons (Fsp3) is 0. The van der Waals surface area contributed by atoms with E-state index in [0.717, 1.165) is 0 Å². The van der Waals surface area contributed by atoms with E-state index in [1.165, 1.54) is 4.57 Å². The predicted octanol–water partition coefficient (Wildman–Crippen LogP) is 4.21. The van der Waals surface area contributed by atoms with Crippen molar-refractivity contribution >= 4 is 45.8 Å². The van der Waals surface area contributed by atoms with Gasteiger partial charge in [0.2, 0.25) is 0 Å². The number of fused-ring (bicyclic) bond motifs is 3. The van der Waals surface area contributed by atoms with Crippen molar-refractivity contribution in [2.45, 2.75) is 0 Å². The van der Waals surface area contributed by atoms with E-state index in [9.17, 15) is 10.0 Å². The minimum Gasteiger partial charge on any atom is -0.423 e. The quantitative estimate of drug-likeness (QED) is 0.406. The molecule has 1 heterocycles. The van der Waals surface area contributed by atoms with Crippen molar-refractivity contribution in [1.82, 2.24) is 4.57 Å². The zero-order valence-corrected chi connectivity index (χ0v) is 15.0. The third-order valence-electron chi connectivity index (χ3n) is 4.68. The van der Waals surface area contributed by atoms with Crippen LogP contribution in [0.1, 0.15) is 11.0 Å². The van der Waals surface area contributed by atoms with E-state index >= 15 is 0 Å². The maximum atomic E-state index is 9.62. The van der Waals surface area contributed by atoms with Crippen LogP contribution >= 0.6 is 0 Å². The topological polar surface area (TPSA) is 57.4 Å². The van der Waals surface area contributed by atoms with Gasteiger partial charge in [-0.25, -0.2) is 0 Å². The van der Waals surface area contributed by atoms with E-state index in [1.807, 2.05) is 0 Å². The van der Waals surface area contributed by atoms with E-state index in [0.29, 0.717) is 17.1 Å². The van der Waals surface area contributed by atoms with Gasteiger partial charge in [-0.15, -0.1) is 0 Å². The lowest BCUT2D eigenvalue weighted by molar-refractivity contribution is 0.426. The summed E-state index contributed by atoms with van der Waals surface area (Å²) in [4.78, 5) is 0. The second kappa shape index (κ2) is 7.13. The van der Waals surface area contributed by atoms with Crippen molar-refractivity contribution in [2.24, 2.45) is 0 Å². The molecule has 0 saturated carbocycles. The lowest BCUT2D eigenvalue weighted by Gasteiger charge is -2.13. The summed E-state index contributed by atoms with van der Waals surface area (Å²) < 4.78 is 68.1. The first kappa shape index (κ1) is 10.9. The molecule has 0 aliphatic carbocycles. The summed E-state index contributed by atoms with van der Waals surface area (Å²) in [6, 6.07) is 9.85. The third kappa shape index (κ3) is 3.07. The van der Waals surface area contributed by atoms with Crippen LogP contribution in [0.15, 0.2) is 96.9 Å². The third-order valence-corrected chi connectivity index (χ3v) is 4.68. The molecular weight excluding hydrogens is 359 g/mol. The van der Waals surface area contributed by atoms with Gasteiger partial charge in [-0.05, 0) is 42.4 Å². The van der Waals surface area contributed by atoms with Crippen molar-refractivity contribution in [3.05, 3.63) is 96.9 Å². The molecule has 29 heavy (non-hydrogen) atoms. The Morgan fingerprint density at radius 1 is 0.759 bits per heavy atom. The molecule has 5 aromatic rings. The molecule has 5 heteroatoms. The highest BCUT2D eigenvalue weighted by Gasteiger charge is 2.15. The highest BCUT2D eigenvalue weighted by atomic mass is 16.4. The number of anilines is 2. The molecule has 0 atom stereocenters. The molecule has 0 fully saturated rings. The van der Waals surface area contributed by atoms with Crippen LogP contribution in [0, 0.1) is 0 Å². The molecule has 4 aromatic carbocycles. The molecule has 5 rings (SSSR count). The lowest BCUT2D eigenvalue weighted by atomic mass is 9.79. The van der Waals surface area contributed by atoms with E-state index < -0.39 is 31.3 Å². The molecule has 0 bridgehead atoms. The normalized spacial score (nSPS) is 15.0. The van der Waals surface area contributed by atoms with Gasteiger partial charge in [-0.1, -0.05) is 54.5 Å². The average Bonchev–Trinajstić information content (AvgIpc) is 3.25. The maximum absolute atomic E-state index is 9.62. The summed E-state index contributed by atoms with van der Waals surface area (Å²) in [6.07, 6.45) is 0. The molecule has 1 aromatic heterocycles. The lowest BCUT2D eigenvalue weighted by Crippen LogP contribution is -2.31. The Morgan fingerprint density at radius 3 is 1.97 bits per heavy atom. The highest BCUT2D eigenvalue weighted by molar-refractivity contribution is 6.60. The van der Waals surface area contributed by atoms with Crippen LogP contribution in [0.5, 0.6) is 0 Å². The Morgan fingerprint density at radius 2 is 1.34 bits per heavy atom. The van der Waals surface area contributed by atoms with Crippen molar-refractivity contribution in [1.29, 1.82) is 0 Å². The summed E-state index contributed by atoms with van der Waals surface area (Å²) in [5, 5.41) is 22.4. The molecule has 140 valence electrons. The van der Waals surface area contributed by atoms with Gasteiger partial charge in [-0.3, -0.25) is 0 Å². The Kier molecular flexibility index (Phi) is 2.67. The van der Waals surface area contributed by atoms with Crippen LogP contribution in [0.4, 0.5) is 11.4 Å². The van der Waals surface area contributed by atoms with E-state index in [4.69, 9.17) is 11.0 Å². The molecule has 4 nitrogen and oxygen atoms in total. The van der Waals surface area contributed by atoms with Gasteiger partial charge in [0.15, 0.2) is 0 Å². The van der Waals surface area contributed by atoms with Crippen LogP contribution < -0.4 is 10.8 Å². The average molecular weight is 386 g/mol. The van der Waals surface area contributed by atoms with Crippen LogP contribution in [0.3, 0.4) is 0 Å². The van der Waals surface area contributed by atoms with Crippen molar-refractivity contribution in [3.63, 3.8) is 0 Å². The first-order chi connectivity index (χ1) is 17.5. The van der Waals surface area contributed by atoms with E-state index in [1.54, 1.807) is 48.5 Å². The van der Waals surface area contributed by atoms with Gasteiger partial charge in [0.25, 0.3) is 0 Å². The van der Waals surface area contributed by atoms with Crippen LogP contribution in [-0.4, -0.2) is 21.7 Å². The van der Waals surface area contributed by atoms with Crippen LogP contribution in [-0.2, 0) is 0 Å². The molecule has 0 amide bonds. The molecule has 3 N–H and O–H groups in total. The van der Waals surface area contributed by atoms with Crippen molar-refractivity contribution in [2.75, 3.05) is 5.32 Å². The first-order valence-corrected chi connectivity index (χ1v) is 8.87. The molecule has 0 saturated heterocycles. The zero-order chi connectivity index (χ0) is 26.8. The van der Waals surface area contributed by atoms with E-state index in [2.05, 4.69) is 5.32 Å². The monoisotopic (exact) mass is 386 g/mol. The van der Waals surface area contributed by atoms with Gasteiger partial charge in [0.1, 0.15) is 0 Å². The van der Waals surface area contributed by atoms with Gasteiger partial charge in [0, 0.05) is 33.3 Å². The number of para-hydroxylation sites is 3. The Labute approximate surface area is 180 Å². The molecule has 0 spiro atoms. The Bertz CT molecular complexity index is 1640. The predicted molar refractivity (Wildman–Crippen MR) is 120 cm³/mol. The second-order valence-corrected chi connectivity index (χ2v) is 6.42. The van der Waals surface area contributed by atoms with Crippen molar-refractivity contribution in [3.8, 4) is 5.69 Å². The van der Waals surface area contributed by atoms with Crippen LogP contribution in [0.25, 0.3) is 27.5 Å². The highest BCUT2D eigenvalue weighted by Crippen LogP contribution is 2.32. The Balaban J connectivity index is 1.78. The maximum Gasteiger partial charge on any atom is 0.490 e. The number of rotatable bonds is 4. The number of hydrogen-bond donors (Lipinski definition) is 3. The SMILES string of the molecule is [2H]c1c([2H])c([2H])c2c(c1[2H])c1c([2H])c([2H])c([2H])c([2H])c1n2-c1ccc(Nc2ccccc2B(O)O)cc1. The summed E-state index contributed by atoms with van der Waals surface area (Å²) in [5.74, 6) is 0. The van der Waals surface area contributed by atoms with Gasteiger partial charge >= 0.3 is 7.12 Å². The largest absolute Gasteiger partial charge is 0.490 e. The number of benzene rings is 4. The fourth-order valence-electron chi connectivity index (χ4n) is 3.36. The fourth-order valence-corrected chi connectivity index (χ4v) is 3.36. The minimum atomic E-state index is -1.67. The van der Waals surface area contributed by atoms with Gasteiger partial charge < -0.3 is 19.9 Å². The summed E-state index contributed by atoms with van der Waals surface area (Å²) >= 11 is 0. The number of nitrogens with one attached hydrogen (secondary N) is 1. The molecule has 0 aliphatic heterocycles. The van der Waals surface area contributed by atoms with Gasteiger partial charge in [-0.2, -0.15) is 0 Å². The Hall–Kier alpha value is -3.54. The molecule has 0 aliphatic rings. The summed E-state index contributed by atoms with van der Waals surface area (Å²) in [5.41, 5.74) is 1.84. The van der Waals surface area contributed by atoms with Crippen molar-refractivity contribution < 1.29 is 21.0 Å². The molecule has 0 radical (unpaired) electrons. The number of nitrogens with zero attached hydrogens (tertiary/aromatic N) is 1. The molecule has 0 unspecified atom stereocenters. The standard InChI is InChI=1S/C24H19BN2O2/c28-25(29)21-9-3-4-10-22(21)26-17-13-15-18(16-14-17)27-23-11-5-1-7-19(23)20-8-2-6-12-24(20)27/h1-16,26,28-29H/i1D,2D,5D,6D,7D,8D,11D,12D. The number of aromatic nitrogens is 1.